The van der Waals surface area contributed by atoms with Gasteiger partial charge in [-0.05, 0) is 59.8 Å². The second-order valence-corrected chi connectivity index (χ2v) is 6.34. The van der Waals surface area contributed by atoms with E-state index in [2.05, 4.69) is 56.7 Å². The van der Waals surface area contributed by atoms with E-state index in [9.17, 15) is 4.79 Å². The molecule has 0 atom stereocenters. The van der Waals surface area contributed by atoms with Crippen molar-refractivity contribution >= 4 is 45.6 Å². The summed E-state index contributed by atoms with van der Waals surface area (Å²) in [5, 5.41) is 5.22. The van der Waals surface area contributed by atoms with E-state index >= 15 is 0 Å². The molecule has 3 aromatic rings. The van der Waals surface area contributed by atoms with Crippen molar-refractivity contribution in [2.45, 2.75) is 13.5 Å². The summed E-state index contributed by atoms with van der Waals surface area (Å²) in [7, 11) is 0. The van der Waals surface area contributed by atoms with Gasteiger partial charge in [0.2, 0.25) is 0 Å². The number of nitrogens with one attached hydrogen (secondary N) is 1. The van der Waals surface area contributed by atoms with E-state index in [4.69, 9.17) is 0 Å². The van der Waals surface area contributed by atoms with Crippen LogP contribution in [0.4, 0.5) is 0 Å². The number of carbonyl (C=O) groups is 1. The molecule has 0 fully saturated rings. The molecule has 0 radical (unpaired) electrons. The first-order valence-electron chi connectivity index (χ1n) is 7.36. The van der Waals surface area contributed by atoms with Crippen LogP contribution in [0, 0.1) is 3.57 Å². The molecule has 2 aromatic carbocycles. The molecule has 1 amide bonds. The zero-order valence-electron chi connectivity index (χ0n) is 12.7. The number of fused-ring (bicyclic) bond motifs is 1. The van der Waals surface area contributed by atoms with Gasteiger partial charge >= 0.3 is 0 Å². The summed E-state index contributed by atoms with van der Waals surface area (Å²) in [6, 6.07) is 15.5. The zero-order chi connectivity index (χ0) is 16.2. The van der Waals surface area contributed by atoms with E-state index in [0.29, 0.717) is 5.56 Å². The second-order valence-electron chi connectivity index (χ2n) is 5.09. The fraction of sp³-hybridized carbons (Fsp3) is 0.111. The van der Waals surface area contributed by atoms with Crippen LogP contribution in [0.5, 0.6) is 0 Å². The fourth-order valence-corrected chi connectivity index (χ4v) is 2.83. The number of aromatic nitrogens is 1. The molecule has 1 aromatic heterocycles. The van der Waals surface area contributed by atoms with Crippen LogP contribution in [0.25, 0.3) is 10.9 Å². The predicted molar refractivity (Wildman–Crippen MR) is 102 cm³/mol. The first kappa shape index (κ1) is 15.7. The number of amides is 1. The smallest absolute Gasteiger partial charge is 0.271 e. The van der Waals surface area contributed by atoms with E-state index in [1.54, 1.807) is 18.3 Å². The van der Waals surface area contributed by atoms with Gasteiger partial charge in [-0.3, -0.25) is 4.79 Å². The van der Waals surface area contributed by atoms with E-state index in [0.717, 1.165) is 21.1 Å². The Morgan fingerprint density at radius 2 is 1.96 bits per heavy atom. The molecule has 0 aliphatic heterocycles. The minimum Gasteiger partial charge on any atom is -0.347 e. The molecule has 3 rings (SSSR count). The number of hydrogen-bond donors (Lipinski definition) is 1. The molecule has 4 nitrogen and oxygen atoms in total. The van der Waals surface area contributed by atoms with Crippen LogP contribution in [0.1, 0.15) is 22.8 Å². The van der Waals surface area contributed by atoms with Crippen molar-refractivity contribution in [1.29, 1.82) is 0 Å². The monoisotopic (exact) mass is 417 g/mol. The van der Waals surface area contributed by atoms with Gasteiger partial charge < -0.3 is 4.57 Å². The van der Waals surface area contributed by atoms with E-state index < -0.39 is 0 Å². The minimum absolute atomic E-state index is 0.211. The number of hydrazone groups is 1. The lowest BCUT2D eigenvalue weighted by Crippen LogP contribution is -2.17. The molecule has 5 heteroatoms. The van der Waals surface area contributed by atoms with E-state index in [-0.39, 0.29) is 5.91 Å². The lowest BCUT2D eigenvalue weighted by Gasteiger charge is -1.99. The molecule has 0 saturated carbocycles. The number of halogens is 1. The first-order valence-corrected chi connectivity index (χ1v) is 8.43. The minimum atomic E-state index is -0.211. The topological polar surface area (TPSA) is 46.4 Å². The summed E-state index contributed by atoms with van der Waals surface area (Å²) in [5.41, 5.74) is 5.33. The lowest BCUT2D eigenvalue weighted by atomic mass is 10.2. The molecule has 0 aliphatic carbocycles. The number of para-hydroxylation sites is 1. The summed E-state index contributed by atoms with van der Waals surface area (Å²) in [6.45, 7) is 3.00. The fourth-order valence-electron chi connectivity index (χ4n) is 2.47. The molecule has 0 unspecified atom stereocenters. The highest BCUT2D eigenvalue weighted by molar-refractivity contribution is 14.1. The molecule has 1 heterocycles. The van der Waals surface area contributed by atoms with Gasteiger partial charge in [0.1, 0.15) is 0 Å². The Labute approximate surface area is 148 Å². The van der Waals surface area contributed by atoms with Gasteiger partial charge in [-0.1, -0.05) is 18.2 Å². The van der Waals surface area contributed by atoms with Crippen LogP contribution < -0.4 is 5.43 Å². The average molecular weight is 417 g/mol. The highest BCUT2D eigenvalue weighted by atomic mass is 127. The largest absolute Gasteiger partial charge is 0.347 e. The van der Waals surface area contributed by atoms with E-state index in [1.807, 2.05) is 30.5 Å². The summed E-state index contributed by atoms with van der Waals surface area (Å²) in [6.07, 6.45) is 3.74. The van der Waals surface area contributed by atoms with Crippen LogP contribution in [0.3, 0.4) is 0 Å². The maximum atomic E-state index is 12.0. The summed E-state index contributed by atoms with van der Waals surface area (Å²) >= 11 is 2.21. The van der Waals surface area contributed by atoms with Crippen LogP contribution in [0.15, 0.2) is 59.8 Å². The molecule has 0 spiro atoms. The van der Waals surface area contributed by atoms with Crippen molar-refractivity contribution in [3.05, 3.63) is 69.4 Å². The third-order valence-electron chi connectivity index (χ3n) is 3.64. The van der Waals surface area contributed by atoms with Gasteiger partial charge in [0.25, 0.3) is 5.91 Å². The Morgan fingerprint density at radius 3 is 2.70 bits per heavy atom. The predicted octanol–water partition coefficient (Wildman–Crippen LogP) is 4.03. The zero-order valence-corrected chi connectivity index (χ0v) is 14.8. The number of hydrogen-bond acceptors (Lipinski definition) is 2. The van der Waals surface area contributed by atoms with Crippen molar-refractivity contribution in [2.24, 2.45) is 5.10 Å². The molecular weight excluding hydrogens is 401 g/mol. The van der Waals surface area contributed by atoms with Crippen molar-refractivity contribution in [3.63, 3.8) is 0 Å². The highest BCUT2D eigenvalue weighted by Gasteiger charge is 2.06. The Balaban J connectivity index is 1.78. The van der Waals surface area contributed by atoms with E-state index in [1.165, 1.54) is 5.52 Å². The maximum absolute atomic E-state index is 12.0. The van der Waals surface area contributed by atoms with Gasteiger partial charge in [-0.2, -0.15) is 5.10 Å². The quantitative estimate of drug-likeness (QED) is 0.389. The summed E-state index contributed by atoms with van der Waals surface area (Å²) < 4.78 is 3.26. The number of aryl methyl sites for hydroxylation is 1. The van der Waals surface area contributed by atoms with Crippen molar-refractivity contribution in [3.8, 4) is 0 Å². The Morgan fingerprint density at radius 1 is 1.22 bits per heavy atom. The van der Waals surface area contributed by atoms with Crippen molar-refractivity contribution in [1.82, 2.24) is 9.99 Å². The maximum Gasteiger partial charge on any atom is 0.271 e. The molecule has 0 saturated heterocycles. The molecule has 116 valence electrons. The number of nitrogens with zero attached hydrogens (tertiary/aromatic N) is 2. The summed E-state index contributed by atoms with van der Waals surface area (Å²) in [4.78, 5) is 12.0. The third kappa shape index (κ3) is 3.44. The average Bonchev–Trinajstić information content (AvgIpc) is 2.94. The van der Waals surface area contributed by atoms with Crippen LogP contribution in [-0.4, -0.2) is 16.7 Å². The number of benzene rings is 2. The Kier molecular flexibility index (Phi) is 4.76. The SMILES string of the molecule is CCn1cc(/C=N\NC(=O)c2ccc(I)cc2)c2ccccc21. The number of carbonyl (C=O) groups excluding carboxylic acids is 1. The van der Waals surface area contributed by atoms with Gasteiger partial charge in [0.05, 0.1) is 6.21 Å². The lowest BCUT2D eigenvalue weighted by molar-refractivity contribution is 0.0955. The van der Waals surface area contributed by atoms with Crippen molar-refractivity contribution < 1.29 is 4.79 Å². The molecule has 23 heavy (non-hydrogen) atoms. The molecule has 1 N–H and O–H groups in total. The molecule has 0 bridgehead atoms. The Bertz CT molecular complexity index is 866. The van der Waals surface area contributed by atoms with Gasteiger partial charge in [0.15, 0.2) is 0 Å². The van der Waals surface area contributed by atoms with Crippen molar-refractivity contribution in [2.75, 3.05) is 0 Å². The van der Waals surface area contributed by atoms with Crippen LogP contribution >= 0.6 is 22.6 Å². The second kappa shape index (κ2) is 6.95. The standard InChI is InChI=1S/C18H16IN3O/c1-2-22-12-14(16-5-3-4-6-17(16)22)11-20-21-18(23)13-7-9-15(19)10-8-13/h3-12H,2H2,1H3,(H,21,23)/b20-11-. The van der Waals surface area contributed by atoms with Crippen LogP contribution in [-0.2, 0) is 6.54 Å². The highest BCUT2D eigenvalue weighted by Crippen LogP contribution is 2.19. The third-order valence-corrected chi connectivity index (χ3v) is 4.36. The van der Waals surface area contributed by atoms with Gasteiger partial charge in [-0.15, -0.1) is 0 Å². The Hall–Kier alpha value is -2.15. The molecule has 0 aliphatic rings. The first-order chi connectivity index (χ1) is 11.2. The molecular formula is C18H16IN3O. The van der Waals surface area contributed by atoms with Gasteiger partial charge in [0, 0.05) is 38.3 Å². The number of rotatable bonds is 4. The van der Waals surface area contributed by atoms with Crippen LogP contribution in [0.2, 0.25) is 0 Å². The summed E-state index contributed by atoms with van der Waals surface area (Å²) in [5.74, 6) is -0.211. The normalized spacial score (nSPS) is 11.2. The van der Waals surface area contributed by atoms with Gasteiger partial charge in [-0.25, -0.2) is 5.43 Å².